The number of aromatic nitrogens is 3. The number of terminal acetylenes is 1. The Morgan fingerprint density at radius 1 is 1.30 bits per heavy atom. The standard InChI is InChI=1S/C13H9BrN4O2/c1-2-7-17-12(19)15-11-8-16(13(20)18(11)17)10-5-3-9(14)4-6-10/h1,3-6H,7-8H2. The molecule has 0 bridgehead atoms. The average molecular weight is 333 g/mol. The summed E-state index contributed by atoms with van der Waals surface area (Å²) in [5.74, 6) is 2.75. The van der Waals surface area contributed by atoms with Gasteiger partial charge in [-0.3, -0.25) is 4.90 Å². The van der Waals surface area contributed by atoms with Gasteiger partial charge in [0, 0.05) is 10.2 Å². The van der Waals surface area contributed by atoms with Crippen LogP contribution in [0.25, 0.3) is 0 Å². The summed E-state index contributed by atoms with van der Waals surface area (Å²) in [6.07, 6.45) is 5.21. The first kappa shape index (κ1) is 12.7. The van der Waals surface area contributed by atoms with Gasteiger partial charge in [-0.25, -0.2) is 14.3 Å². The quantitative estimate of drug-likeness (QED) is 0.781. The fourth-order valence-corrected chi connectivity index (χ4v) is 2.39. The second-order valence-corrected chi connectivity index (χ2v) is 5.14. The lowest BCUT2D eigenvalue weighted by Crippen LogP contribution is -2.33. The van der Waals surface area contributed by atoms with Crippen molar-refractivity contribution in [3.05, 3.63) is 45.0 Å². The number of amides is 1. The Labute approximate surface area is 122 Å². The largest absolute Gasteiger partial charge is 0.365 e. The van der Waals surface area contributed by atoms with Crippen LogP contribution in [0.15, 0.2) is 33.5 Å². The molecule has 0 atom stereocenters. The van der Waals surface area contributed by atoms with E-state index in [0.29, 0.717) is 5.82 Å². The molecule has 100 valence electrons. The number of carbonyl (C=O) groups excluding carboxylic acids is 1. The molecule has 1 aliphatic heterocycles. The first-order valence-electron chi connectivity index (χ1n) is 5.81. The Morgan fingerprint density at radius 3 is 2.65 bits per heavy atom. The second-order valence-electron chi connectivity index (χ2n) is 4.23. The molecule has 6 nitrogen and oxygen atoms in total. The summed E-state index contributed by atoms with van der Waals surface area (Å²) >= 11 is 3.34. The normalized spacial score (nSPS) is 13.4. The lowest BCUT2D eigenvalue weighted by molar-refractivity contribution is 0.245. The molecule has 7 heteroatoms. The fraction of sp³-hybridized carbons (Fsp3) is 0.154. The number of hydrogen-bond donors (Lipinski definition) is 0. The highest BCUT2D eigenvalue weighted by Gasteiger charge is 2.32. The fourth-order valence-electron chi connectivity index (χ4n) is 2.13. The highest BCUT2D eigenvalue weighted by molar-refractivity contribution is 9.10. The van der Waals surface area contributed by atoms with Gasteiger partial charge in [0.2, 0.25) is 0 Å². The van der Waals surface area contributed by atoms with Crippen LogP contribution in [0.1, 0.15) is 5.82 Å². The van der Waals surface area contributed by atoms with Gasteiger partial charge in [0.15, 0.2) is 5.82 Å². The van der Waals surface area contributed by atoms with Crippen LogP contribution in [-0.4, -0.2) is 20.4 Å². The number of fused-ring (bicyclic) bond motifs is 1. The second kappa shape index (κ2) is 4.65. The van der Waals surface area contributed by atoms with Gasteiger partial charge in [0.1, 0.15) is 6.54 Å². The van der Waals surface area contributed by atoms with Crippen molar-refractivity contribution in [3.8, 4) is 12.3 Å². The van der Waals surface area contributed by atoms with E-state index in [2.05, 4.69) is 26.8 Å². The Hall–Kier alpha value is -2.33. The Balaban J connectivity index is 2.02. The molecule has 0 aliphatic carbocycles. The minimum absolute atomic E-state index is 0.0196. The molecular weight excluding hydrogens is 324 g/mol. The van der Waals surface area contributed by atoms with E-state index in [1.54, 1.807) is 4.90 Å². The lowest BCUT2D eigenvalue weighted by atomic mass is 10.3. The van der Waals surface area contributed by atoms with Crippen LogP contribution in [0, 0.1) is 12.3 Å². The Kier molecular flexibility index (Phi) is 2.95. The number of anilines is 1. The van der Waals surface area contributed by atoms with Gasteiger partial charge in [-0.1, -0.05) is 21.9 Å². The van der Waals surface area contributed by atoms with Crippen LogP contribution in [0.4, 0.5) is 10.5 Å². The van der Waals surface area contributed by atoms with E-state index in [9.17, 15) is 9.59 Å². The van der Waals surface area contributed by atoms with Gasteiger partial charge >= 0.3 is 11.7 Å². The summed E-state index contributed by atoms with van der Waals surface area (Å²) in [5.41, 5.74) is 0.241. The van der Waals surface area contributed by atoms with Gasteiger partial charge in [-0.15, -0.1) is 6.42 Å². The van der Waals surface area contributed by atoms with Crippen LogP contribution in [0.5, 0.6) is 0 Å². The molecular formula is C13H9BrN4O2. The number of benzene rings is 1. The van der Waals surface area contributed by atoms with Crippen LogP contribution >= 0.6 is 15.9 Å². The minimum atomic E-state index is -0.498. The van der Waals surface area contributed by atoms with Gasteiger partial charge in [0.25, 0.3) is 0 Å². The maximum Gasteiger partial charge on any atom is 0.365 e. The van der Waals surface area contributed by atoms with E-state index in [1.807, 2.05) is 24.3 Å². The van der Waals surface area contributed by atoms with Gasteiger partial charge < -0.3 is 0 Å². The number of nitrogens with zero attached hydrogens (tertiary/aromatic N) is 4. The molecule has 0 saturated heterocycles. The van der Waals surface area contributed by atoms with Gasteiger partial charge in [-0.05, 0) is 24.3 Å². The zero-order valence-electron chi connectivity index (χ0n) is 10.3. The lowest BCUT2D eigenvalue weighted by Gasteiger charge is -2.15. The first-order chi connectivity index (χ1) is 9.61. The number of halogens is 1. The summed E-state index contributed by atoms with van der Waals surface area (Å²) in [5, 5.41) is 0. The van der Waals surface area contributed by atoms with Crippen molar-refractivity contribution in [2.24, 2.45) is 0 Å². The minimum Gasteiger partial charge on any atom is -0.285 e. The van der Waals surface area contributed by atoms with Crippen molar-refractivity contribution in [1.82, 2.24) is 14.3 Å². The average Bonchev–Trinajstić information content (AvgIpc) is 2.89. The number of hydrogen-bond acceptors (Lipinski definition) is 3. The highest BCUT2D eigenvalue weighted by Crippen LogP contribution is 2.24. The third kappa shape index (κ3) is 1.85. The zero-order chi connectivity index (χ0) is 14.3. The van der Waals surface area contributed by atoms with Crippen molar-refractivity contribution in [1.29, 1.82) is 0 Å². The Bertz CT molecular complexity index is 782. The number of rotatable bonds is 2. The van der Waals surface area contributed by atoms with E-state index in [-0.39, 0.29) is 19.1 Å². The Morgan fingerprint density at radius 2 is 2.00 bits per heavy atom. The van der Waals surface area contributed by atoms with E-state index in [1.165, 1.54) is 4.68 Å². The zero-order valence-corrected chi connectivity index (χ0v) is 11.9. The molecule has 0 N–H and O–H groups in total. The molecule has 20 heavy (non-hydrogen) atoms. The molecule has 0 radical (unpaired) electrons. The van der Waals surface area contributed by atoms with E-state index in [0.717, 1.165) is 14.8 Å². The van der Waals surface area contributed by atoms with Crippen LogP contribution in [-0.2, 0) is 13.1 Å². The molecule has 0 spiro atoms. The van der Waals surface area contributed by atoms with Crippen molar-refractivity contribution in [2.75, 3.05) is 4.90 Å². The summed E-state index contributed by atoms with van der Waals surface area (Å²) in [6.45, 7) is 0.277. The van der Waals surface area contributed by atoms with Crippen LogP contribution in [0.2, 0.25) is 0 Å². The molecule has 1 aliphatic rings. The maximum absolute atomic E-state index is 12.4. The monoisotopic (exact) mass is 332 g/mol. The topological polar surface area (TPSA) is 60.1 Å². The summed E-state index contributed by atoms with van der Waals surface area (Å²) in [6, 6.07) is 7.00. The molecule has 1 aromatic heterocycles. The van der Waals surface area contributed by atoms with Crippen LogP contribution < -0.4 is 10.6 Å². The van der Waals surface area contributed by atoms with Crippen LogP contribution in [0.3, 0.4) is 0 Å². The maximum atomic E-state index is 12.4. The molecule has 1 amide bonds. The van der Waals surface area contributed by atoms with Gasteiger partial charge in [-0.2, -0.15) is 9.67 Å². The smallest absolute Gasteiger partial charge is 0.285 e. The predicted octanol–water partition coefficient (Wildman–Crippen LogP) is 1.43. The molecule has 3 rings (SSSR count). The van der Waals surface area contributed by atoms with E-state index < -0.39 is 5.69 Å². The van der Waals surface area contributed by atoms with Crippen molar-refractivity contribution < 1.29 is 4.79 Å². The third-order valence-electron chi connectivity index (χ3n) is 3.02. The third-order valence-corrected chi connectivity index (χ3v) is 3.55. The summed E-state index contributed by atoms with van der Waals surface area (Å²) in [4.78, 5) is 29.4. The highest BCUT2D eigenvalue weighted by atomic mass is 79.9. The molecule has 2 heterocycles. The first-order valence-corrected chi connectivity index (χ1v) is 6.61. The van der Waals surface area contributed by atoms with Crippen molar-refractivity contribution in [2.45, 2.75) is 13.1 Å². The molecule has 0 unspecified atom stereocenters. The van der Waals surface area contributed by atoms with Crippen molar-refractivity contribution >= 4 is 27.6 Å². The molecule has 1 aromatic carbocycles. The molecule has 0 fully saturated rings. The predicted molar refractivity (Wildman–Crippen MR) is 76.4 cm³/mol. The molecule has 0 saturated carbocycles. The van der Waals surface area contributed by atoms with E-state index >= 15 is 0 Å². The summed E-state index contributed by atoms with van der Waals surface area (Å²) in [7, 11) is 0. The molecule has 2 aromatic rings. The summed E-state index contributed by atoms with van der Waals surface area (Å²) < 4.78 is 3.33. The SMILES string of the molecule is C#CCn1c(=O)nc2n1C(=O)N(c1ccc(Br)cc1)C2. The van der Waals surface area contributed by atoms with Crippen molar-refractivity contribution in [3.63, 3.8) is 0 Å². The number of carbonyl (C=O) groups is 1. The van der Waals surface area contributed by atoms with E-state index in [4.69, 9.17) is 6.42 Å². The van der Waals surface area contributed by atoms with Gasteiger partial charge in [0.05, 0.1) is 6.54 Å².